The lowest BCUT2D eigenvalue weighted by molar-refractivity contribution is -0.121. The highest BCUT2D eigenvalue weighted by Crippen LogP contribution is 2.28. The number of aryl methyl sites for hydroxylation is 1. The summed E-state index contributed by atoms with van der Waals surface area (Å²) >= 11 is 0. The fourth-order valence-electron chi connectivity index (χ4n) is 2.88. The number of likely N-dealkylation sites (tertiary alicyclic amines) is 1. The number of nitriles is 1. The molecule has 1 saturated heterocycles. The minimum atomic E-state index is -0.405. The third-order valence-corrected chi connectivity index (χ3v) is 4.11. The highest BCUT2D eigenvalue weighted by Gasteiger charge is 2.34. The number of hydrogen-bond donors (Lipinski definition) is 1. The van der Waals surface area contributed by atoms with Crippen molar-refractivity contribution in [2.75, 3.05) is 13.1 Å². The van der Waals surface area contributed by atoms with E-state index in [4.69, 9.17) is 10.2 Å². The molecule has 23 heavy (non-hydrogen) atoms. The van der Waals surface area contributed by atoms with Crippen LogP contribution >= 0.6 is 0 Å². The van der Waals surface area contributed by atoms with E-state index in [2.05, 4.69) is 6.07 Å². The number of amides is 2. The van der Waals surface area contributed by atoms with E-state index < -0.39 is 5.91 Å². The van der Waals surface area contributed by atoms with E-state index in [0.717, 1.165) is 0 Å². The summed E-state index contributed by atoms with van der Waals surface area (Å²) in [5.74, 6) is -0.329. The van der Waals surface area contributed by atoms with Gasteiger partial charge in [0.05, 0.1) is 5.92 Å². The van der Waals surface area contributed by atoms with Gasteiger partial charge < -0.3 is 15.1 Å². The van der Waals surface area contributed by atoms with E-state index in [1.165, 1.54) is 0 Å². The first-order chi connectivity index (χ1) is 11.0. The zero-order valence-electron chi connectivity index (χ0n) is 12.7. The lowest BCUT2D eigenvalue weighted by Crippen LogP contribution is -2.32. The predicted octanol–water partition coefficient (Wildman–Crippen LogP) is 1.20. The molecule has 1 atom stereocenters. The molecule has 0 aromatic carbocycles. The number of rotatable bonds is 3. The van der Waals surface area contributed by atoms with Gasteiger partial charge in [0, 0.05) is 25.5 Å². The minimum absolute atomic E-state index is 0.200. The molecule has 0 radical (unpaired) electrons. The molecule has 1 aliphatic rings. The maximum absolute atomic E-state index is 12.8. The zero-order chi connectivity index (χ0) is 16.6. The monoisotopic (exact) mass is 312 g/mol. The Morgan fingerprint density at radius 1 is 1.39 bits per heavy atom. The summed E-state index contributed by atoms with van der Waals surface area (Å²) in [6.45, 7) is 2.38. The highest BCUT2D eigenvalue weighted by atomic mass is 16.4. The van der Waals surface area contributed by atoms with Crippen molar-refractivity contribution in [3.63, 3.8) is 0 Å². The largest absolute Gasteiger partial charge is 0.443 e. The molecule has 2 N–H and O–H groups in total. The molecule has 1 fully saturated rings. The molecular weight excluding hydrogens is 296 g/mol. The van der Waals surface area contributed by atoms with Gasteiger partial charge in [0.15, 0.2) is 0 Å². The van der Waals surface area contributed by atoms with E-state index in [0.29, 0.717) is 24.6 Å². The number of furan rings is 1. The Labute approximate surface area is 132 Å². The molecule has 2 amide bonds. The molecular formula is C16H16N4O3. The van der Waals surface area contributed by atoms with E-state index in [1.54, 1.807) is 40.9 Å². The molecule has 2 aromatic heterocycles. The summed E-state index contributed by atoms with van der Waals surface area (Å²) in [6, 6.07) is 5.67. The van der Waals surface area contributed by atoms with Crippen LogP contribution in [0.4, 0.5) is 0 Å². The number of hydrogen-bond acceptors (Lipinski definition) is 4. The number of carbonyl (C=O) groups excluding carboxylic acids is 2. The molecule has 118 valence electrons. The maximum Gasteiger partial charge on any atom is 0.258 e. The van der Waals surface area contributed by atoms with Gasteiger partial charge in [0.25, 0.3) is 5.91 Å². The van der Waals surface area contributed by atoms with E-state index in [9.17, 15) is 14.9 Å². The summed E-state index contributed by atoms with van der Waals surface area (Å²) in [7, 11) is 0. The lowest BCUT2D eigenvalue weighted by Gasteiger charge is -2.15. The van der Waals surface area contributed by atoms with E-state index in [-0.39, 0.29) is 29.5 Å². The molecule has 0 spiro atoms. The van der Waals surface area contributed by atoms with Crippen molar-refractivity contribution in [1.82, 2.24) is 9.47 Å². The van der Waals surface area contributed by atoms with Crippen LogP contribution in [0.1, 0.15) is 28.1 Å². The highest BCUT2D eigenvalue weighted by molar-refractivity contribution is 5.99. The van der Waals surface area contributed by atoms with Gasteiger partial charge in [-0.2, -0.15) is 5.26 Å². The zero-order valence-corrected chi connectivity index (χ0v) is 12.7. The average molecular weight is 312 g/mol. The average Bonchev–Trinajstić information content (AvgIpc) is 3.25. The molecule has 0 unspecified atom stereocenters. The predicted molar refractivity (Wildman–Crippen MR) is 80.7 cm³/mol. The summed E-state index contributed by atoms with van der Waals surface area (Å²) in [5.41, 5.74) is 5.75. The Morgan fingerprint density at radius 2 is 2.09 bits per heavy atom. The second-order valence-electron chi connectivity index (χ2n) is 5.55. The van der Waals surface area contributed by atoms with Crippen LogP contribution in [0.15, 0.2) is 28.9 Å². The second-order valence-corrected chi connectivity index (χ2v) is 5.55. The number of nitrogens with zero attached hydrogens (tertiary/aromatic N) is 3. The van der Waals surface area contributed by atoms with Gasteiger partial charge in [-0.1, -0.05) is 0 Å². The van der Waals surface area contributed by atoms with Crippen LogP contribution < -0.4 is 5.73 Å². The van der Waals surface area contributed by atoms with Crippen LogP contribution in [-0.4, -0.2) is 34.4 Å². The fourth-order valence-corrected chi connectivity index (χ4v) is 2.88. The van der Waals surface area contributed by atoms with E-state index in [1.807, 2.05) is 0 Å². The molecule has 7 nitrogen and oxygen atoms in total. The Morgan fingerprint density at radius 3 is 2.65 bits per heavy atom. The van der Waals surface area contributed by atoms with Crippen molar-refractivity contribution < 1.29 is 14.0 Å². The molecule has 0 bridgehead atoms. The van der Waals surface area contributed by atoms with Crippen molar-refractivity contribution in [3.05, 3.63) is 41.4 Å². The summed E-state index contributed by atoms with van der Waals surface area (Å²) in [4.78, 5) is 25.6. The standard InChI is InChI=1S/C16H16N4O3/c1-10-13(15(22)20-7-4-11(9-20)14(18)21)12(8-17)16(23-10)19-5-2-3-6-19/h2-3,5-6,11H,4,7,9H2,1H3,(H2,18,21)/t11-/m0/s1. The summed E-state index contributed by atoms with van der Waals surface area (Å²) in [6.07, 6.45) is 4.03. The Bertz CT molecular complexity index is 798. The van der Waals surface area contributed by atoms with Gasteiger partial charge >= 0.3 is 0 Å². The quantitative estimate of drug-likeness (QED) is 0.919. The van der Waals surface area contributed by atoms with Crippen molar-refractivity contribution in [2.45, 2.75) is 13.3 Å². The molecule has 0 aliphatic carbocycles. The normalized spacial score (nSPS) is 17.2. The van der Waals surface area contributed by atoms with Crippen molar-refractivity contribution >= 4 is 11.8 Å². The van der Waals surface area contributed by atoms with Gasteiger partial charge in [0.2, 0.25) is 11.8 Å². The topological polar surface area (TPSA) is 105 Å². The molecule has 2 aromatic rings. The number of primary amides is 1. The maximum atomic E-state index is 12.8. The number of aromatic nitrogens is 1. The third kappa shape index (κ3) is 2.48. The molecule has 0 saturated carbocycles. The van der Waals surface area contributed by atoms with Crippen LogP contribution in [-0.2, 0) is 4.79 Å². The molecule has 3 heterocycles. The SMILES string of the molecule is Cc1oc(-n2cccc2)c(C#N)c1C(=O)N1CC[C@H](C(N)=O)C1. The smallest absolute Gasteiger partial charge is 0.258 e. The fraction of sp³-hybridized carbons (Fsp3) is 0.312. The first kappa shape index (κ1) is 14.9. The van der Waals surface area contributed by atoms with Gasteiger partial charge in [0.1, 0.15) is 23.0 Å². The van der Waals surface area contributed by atoms with E-state index >= 15 is 0 Å². The summed E-state index contributed by atoms with van der Waals surface area (Å²) in [5, 5.41) is 9.48. The Balaban J connectivity index is 1.96. The second kappa shape index (κ2) is 5.65. The van der Waals surface area contributed by atoms with Gasteiger partial charge in [-0.05, 0) is 25.5 Å². The Hall–Kier alpha value is -3.01. The van der Waals surface area contributed by atoms with Crippen LogP contribution in [0.3, 0.4) is 0 Å². The van der Waals surface area contributed by atoms with Crippen LogP contribution in [0.5, 0.6) is 0 Å². The Kier molecular flexibility index (Phi) is 3.66. The van der Waals surface area contributed by atoms with Gasteiger partial charge in [-0.15, -0.1) is 0 Å². The van der Waals surface area contributed by atoms with Crippen molar-refractivity contribution in [2.24, 2.45) is 11.7 Å². The lowest BCUT2D eigenvalue weighted by atomic mass is 10.1. The first-order valence-electron chi connectivity index (χ1n) is 7.28. The molecule has 3 rings (SSSR count). The number of nitrogens with two attached hydrogens (primary N) is 1. The minimum Gasteiger partial charge on any atom is -0.443 e. The van der Waals surface area contributed by atoms with Crippen molar-refractivity contribution in [3.8, 4) is 12.0 Å². The van der Waals surface area contributed by atoms with Crippen molar-refractivity contribution in [1.29, 1.82) is 5.26 Å². The first-order valence-corrected chi connectivity index (χ1v) is 7.28. The summed E-state index contributed by atoms with van der Waals surface area (Å²) < 4.78 is 7.29. The van der Waals surface area contributed by atoms with Crippen LogP contribution in [0.25, 0.3) is 5.88 Å². The molecule has 1 aliphatic heterocycles. The van der Waals surface area contributed by atoms with Gasteiger partial charge in [-0.25, -0.2) is 0 Å². The molecule has 7 heteroatoms. The van der Waals surface area contributed by atoms with Crippen LogP contribution in [0.2, 0.25) is 0 Å². The number of carbonyl (C=O) groups is 2. The van der Waals surface area contributed by atoms with Gasteiger partial charge in [-0.3, -0.25) is 14.2 Å². The third-order valence-electron chi connectivity index (χ3n) is 4.11. The van der Waals surface area contributed by atoms with Crippen LogP contribution in [0, 0.1) is 24.2 Å².